The summed E-state index contributed by atoms with van der Waals surface area (Å²) in [6, 6.07) is 12.5. The fourth-order valence-corrected chi connectivity index (χ4v) is 9.11. The highest BCUT2D eigenvalue weighted by Crippen LogP contribution is 2.61. The average molecular weight is 751 g/mol. The zero-order valence-corrected chi connectivity index (χ0v) is 30.8. The SMILES string of the molecule is C=CCCC(=O)N[C@H](C)[C@@H](OC(=O)[C@@H]1[C@H]2O[C@@]3(CC2Br)[C@H](C(=O)N(CC=C)c2c(C)cccc2C)N([C@@H](CC)CO)C(=O)[C@@H]13)c1ccccc1. The van der Waals surface area contributed by atoms with Crippen molar-refractivity contribution in [3.8, 4) is 0 Å². The molecule has 9 atom stereocenters. The summed E-state index contributed by atoms with van der Waals surface area (Å²) in [7, 11) is 0. The Morgan fingerprint density at radius 3 is 2.42 bits per heavy atom. The molecule has 2 N–H and O–H groups in total. The van der Waals surface area contributed by atoms with Crippen molar-refractivity contribution in [1.82, 2.24) is 10.2 Å². The second-order valence-electron chi connectivity index (χ2n) is 13.6. The van der Waals surface area contributed by atoms with Gasteiger partial charge < -0.3 is 29.7 Å². The number of alkyl halides is 1. The van der Waals surface area contributed by atoms with Gasteiger partial charge in [0, 0.05) is 23.5 Å². The van der Waals surface area contributed by atoms with E-state index in [0.717, 1.165) is 16.8 Å². The van der Waals surface area contributed by atoms with Crippen LogP contribution in [0.1, 0.15) is 62.3 Å². The molecular formula is C39H48BrN3O7. The maximum atomic E-state index is 15.0. The molecule has 5 rings (SSSR count). The van der Waals surface area contributed by atoms with Crippen molar-refractivity contribution in [3.63, 3.8) is 0 Å². The van der Waals surface area contributed by atoms with Crippen molar-refractivity contribution >= 4 is 45.3 Å². The minimum atomic E-state index is -1.36. The minimum absolute atomic E-state index is 0.182. The molecule has 0 aromatic heterocycles. The number of allylic oxidation sites excluding steroid dienone is 1. The van der Waals surface area contributed by atoms with Gasteiger partial charge in [-0.1, -0.05) is 83.5 Å². The van der Waals surface area contributed by atoms with Crippen LogP contribution in [0.15, 0.2) is 73.8 Å². The molecule has 2 bridgehead atoms. The lowest BCUT2D eigenvalue weighted by Gasteiger charge is -2.39. The van der Waals surface area contributed by atoms with Crippen LogP contribution in [0.2, 0.25) is 0 Å². The first kappa shape index (κ1) is 37.5. The van der Waals surface area contributed by atoms with E-state index in [1.807, 2.05) is 69.3 Å². The van der Waals surface area contributed by atoms with Gasteiger partial charge in [-0.2, -0.15) is 0 Å². The summed E-state index contributed by atoms with van der Waals surface area (Å²) >= 11 is 3.74. The van der Waals surface area contributed by atoms with Gasteiger partial charge in [-0.15, -0.1) is 13.2 Å². The van der Waals surface area contributed by atoms with Crippen molar-refractivity contribution in [2.45, 2.75) is 94.1 Å². The number of para-hydroxylation sites is 1. The molecule has 0 radical (unpaired) electrons. The van der Waals surface area contributed by atoms with Crippen LogP contribution in [0, 0.1) is 25.7 Å². The number of nitrogens with one attached hydrogen (secondary N) is 1. The van der Waals surface area contributed by atoms with Crippen LogP contribution in [0.25, 0.3) is 0 Å². The van der Waals surface area contributed by atoms with Crippen molar-refractivity contribution in [2.24, 2.45) is 11.8 Å². The molecule has 1 unspecified atom stereocenters. The van der Waals surface area contributed by atoms with Crippen LogP contribution < -0.4 is 10.2 Å². The molecule has 11 heteroatoms. The van der Waals surface area contributed by atoms with Crippen LogP contribution in [0.5, 0.6) is 0 Å². The number of rotatable bonds is 15. The highest BCUT2D eigenvalue weighted by atomic mass is 79.9. The number of carbonyl (C=O) groups excluding carboxylic acids is 4. The predicted octanol–water partition coefficient (Wildman–Crippen LogP) is 5.10. The van der Waals surface area contributed by atoms with Crippen molar-refractivity contribution in [2.75, 3.05) is 18.1 Å². The first-order valence-corrected chi connectivity index (χ1v) is 18.3. The number of likely N-dealkylation sites (tertiary alicyclic amines) is 1. The smallest absolute Gasteiger partial charge is 0.313 e. The molecule has 50 heavy (non-hydrogen) atoms. The third-order valence-electron chi connectivity index (χ3n) is 10.4. The number of anilines is 1. The second-order valence-corrected chi connectivity index (χ2v) is 14.8. The fraction of sp³-hybridized carbons (Fsp3) is 0.487. The van der Waals surface area contributed by atoms with E-state index in [1.165, 1.54) is 4.90 Å². The number of nitrogens with zero attached hydrogens (tertiary/aromatic N) is 2. The van der Waals surface area contributed by atoms with Gasteiger partial charge >= 0.3 is 5.97 Å². The molecule has 3 aliphatic rings. The van der Waals surface area contributed by atoms with Crippen molar-refractivity contribution < 1.29 is 33.8 Å². The molecule has 2 aromatic carbocycles. The van der Waals surface area contributed by atoms with Gasteiger partial charge in [-0.05, 0) is 56.7 Å². The van der Waals surface area contributed by atoms with Crippen LogP contribution in [-0.2, 0) is 28.7 Å². The van der Waals surface area contributed by atoms with Crippen LogP contribution in [0.3, 0.4) is 0 Å². The first-order valence-electron chi connectivity index (χ1n) is 17.3. The Hall–Kier alpha value is -3.80. The summed E-state index contributed by atoms with van der Waals surface area (Å²) < 4.78 is 13.0. The molecule has 3 heterocycles. The van der Waals surface area contributed by atoms with E-state index in [2.05, 4.69) is 34.4 Å². The normalized spacial score (nSPS) is 26.9. The van der Waals surface area contributed by atoms with Gasteiger partial charge in [0.05, 0.1) is 36.6 Å². The highest BCUT2D eigenvalue weighted by Gasteiger charge is 2.77. The van der Waals surface area contributed by atoms with Gasteiger partial charge in [0.1, 0.15) is 17.7 Å². The van der Waals surface area contributed by atoms with E-state index in [4.69, 9.17) is 9.47 Å². The molecule has 3 fully saturated rings. The third kappa shape index (κ3) is 6.67. The lowest BCUT2D eigenvalue weighted by molar-refractivity contribution is -0.162. The number of benzene rings is 2. The molecule has 0 saturated carbocycles. The molecule has 3 aliphatic heterocycles. The van der Waals surface area contributed by atoms with Crippen LogP contribution in [0.4, 0.5) is 5.69 Å². The zero-order chi connectivity index (χ0) is 36.3. The largest absolute Gasteiger partial charge is 0.455 e. The maximum Gasteiger partial charge on any atom is 0.313 e. The summed E-state index contributed by atoms with van der Waals surface area (Å²) in [6.45, 7) is 14.9. The van der Waals surface area contributed by atoms with Gasteiger partial charge in [-0.25, -0.2) is 0 Å². The Balaban J connectivity index is 1.55. The van der Waals surface area contributed by atoms with Gasteiger partial charge in [-0.3, -0.25) is 19.2 Å². The Labute approximate surface area is 303 Å². The average Bonchev–Trinajstić information content (AvgIpc) is 3.69. The number of amides is 3. The lowest BCUT2D eigenvalue weighted by Crippen LogP contribution is -2.59. The number of hydrogen-bond acceptors (Lipinski definition) is 7. The van der Waals surface area contributed by atoms with Crippen molar-refractivity contribution in [1.29, 1.82) is 0 Å². The molecule has 1 spiro atoms. The molecule has 0 aliphatic carbocycles. The van der Waals surface area contributed by atoms with Gasteiger partial charge in [0.2, 0.25) is 11.8 Å². The van der Waals surface area contributed by atoms with E-state index >= 15 is 4.79 Å². The number of halogens is 1. The highest BCUT2D eigenvalue weighted by molar-refractivity contribution is 9.09. The first-order chi connectivity index (χ1) is 23.9. The quantitative estimate of drug-likeness (QED) is 0.148. The van der Waals surface area contributed by atoms with E-state index in [1.54, 1.807) is 24.0 Å². The van der Waals surface area contributed by atoms with E-state index in [9.17, 15) is 19.5 Å². The number of carbonyl (C=O) groups is 4. The third-order valence-corrected chi connectivity index (χ3v) is 11.2. The minimum Gasteiger partial charge on any atom is -0.455 e. The zero-order valence-electron chi connectivity index (χ0n) is 29.2. The number of hydrogen-bond donors (Lipinski definition) is 2. The fourth-order valence-electron chi connectivity index (χ4n) is 8.16. The van der Waals surface area contributed by atoms with Crippen LogP contribution >= 0.6 is 15.9 Å². The Bertz CT molecular complexity index is 1590. The second kappa shape index (κ2) is 15.6. The maximum absolute atomic E-state index is 15.0. The topological polar surface area (TPSA) is 125 Å². The van der Waals surface area contributed by atoms with Gasteiger partial charge in [0.15, 0.2) is 0 Å². The number of esters is 1. The Morgan fingerprint density at radius 2 is 1.82 bits per heavy atom. The Morgan fingerprint density at radius 1 is 1.14 bits per heavy atom. The molecular weight excluding hydrogens is 702 g/mol. The van der Waals surface area contributed by atoms with Crippen LogP contribution in [-0.4, -0.2) is 81.5 Å². The Kier molecular flexibility index (Phi) is 11.7. The standard InChI is InChI=1S/C39H48BrN3O7/c1-7-10-19-29(45)41-25(6)33(26-17-12-11-13-18-26)49-38(48)30-31-36(46)43(27(9-3)22-44)35(39(31)21-28(40)34(30)50-39)37(47)42(20-8-2)32-23(4)15-14-16-24(32)5/h7-8,11-18,25,27-28,30-31,33-35,44H,1-2,9-10,19-22H2,3-6H3,(H,41,45)/t25-,27+,28?,30+,31-,33-,34+,35+,39-/m1/s1. The van der Waals surface area contributed by atoms with E-state index in [0.29, 0.717) is 24.8 Å². The lowest BCUT2D eigenvalue weighted by atomic mass is 9.70. The molecule has 2 aromatic rings. The molecule has 268 valence electrons. The number of aliphatic hydroxyl groups excluding tert-OH is 1. The number of ether oxygens (including phenoxy) is 2. The number of aryl methyl sites for hydroxylation is 2. The number of fused-ring (bicyclic) bond motifs is 1. The summed E-state index contributed by atoms with van der Waals surface area (Å²) in [6.07, 6.45) is 3.14. The monoisotopic (exact) mass is 749 g/mol. The molecule has 10 nitrogen and oxygen atoms in total. The number of aliphatic hydroxyl groups is 1. The summed E-state index contributed by atoms with van der Waals surface area (Å²) in [5.74, 6) is -3.71. The summed E-state index contributed by atoms with van der Waals surface area (Å²) in [5.41, 5.74) is 1.80. The van der Waals surface area contributed by atoms with E-state index in [-0.39, 0.29) is 36.2 Å². The summed E-state index contributed by atoms with van der Waals surface area (Å²) in [4.78, 5) is 59.6. The molecule has 3 saturated heterocycles. The van der Waals surface area contributed by atoms with E-state index < -0.39 is 59.6 Å². The van der Waals surface area contributed by atoms with Gasteiger partial charge in [0.25, 0.3) is 5.91 Å². The van der Waals surface area contributed by atoms with Crippen molar-refractivity contribution in [3.05, 3.63) is 90.5 Å². The molecule has 3 amide bonds. The predicted molar refractivity (Wildman–Crippen MR) is 194 cm³/mol. The summed E-state index contributed by atoms with van der Waals surface area (Å²) in [5, 5.41) is 13.5.